The van der Waals surface area contributed by atoms with E-state index < -0.39 is 0 Å². The summed E-state index contributed by atoms with van der Waals surface area (Å²) < 4.78 is 16.7. The largest absolute Gasteiger partial charge is 0.491 e. The Morgan fingerprint density at radius 3 is 3.08 bits per heavy atom. The van der Waals surface area contributed by atoms with E-state index in [1.54, 1.807) is 24.3 Å². The molecule has 2 amide bonds. The van der Waals surface area contributed by atoms with Gasteiger partial charge in [-0.3, -0.25) is 14.7 Å². The SMILES string of the molecule is COc1ccc2ncc3c(c2n1)[C@H](CCNC[C@H]1CN(c2ccc4c(c2)NC(=O)CS4)C(=O)O1)CO3. The van der Waals surface area contributed by atoms with E-state index in [0.29, 0.717) is 37.0 Å². The first-order chi connectivity index (χ1) is 17.6. The maximum atomic E-state index is 12.5. The van der Waals surface area contributed by atoms with E-state index in [-0.39, 0.29) is 24.0 Å². The predicted molar refractivity (Wildman–Crippen MR) is 135 cm³/mol. The van der Waals surface area contributed by atoms with Gasteiger partial charge < -0.3 is 24.8 Å². The molecule has 0 unspecified atom stereocenters. The summed E-state index contributed by atoms with van der Waals surface area (Å²) in [6.45, 7) is 2.30. The zero-order valence-corrected chi connectivity index (χ0v) is 20.5. The quantitative estimate of drug-likeness (QED) is 0.465. The summed E-state index contributed by atoms with van der Waals surface area (Å²) in [5.74, 6) is 1.87. The summed E-state index contributed by atoms with van der Waals surface area (Å²) in [6.07, 6.45) is 1.96. The van der Waals surface area contributed by atoms with Crippen molar-refractivity contribution in [2.45, 2.75) is 23.3 Å². The molecule has 1 saturated heterocycles. The zero-order chi connectivity index (χ0) is 24.6. The third kappa shape index (κ3) is 4.28. The summed E-state index contributed by atoms with van der Waals surface area (Å²) in [7, 11) is 1.60. The maximum Gasteiger partial charge on any atom is 0.414 e. The number of amides is 2. The fourth-order valence-electron chi connectivity index (χ4n) is 4.79. The molecule has 10 nitrogen and oxygen atoms in total. The Bertz CT molecular complexity index is 1350. The lowest BCUT2D eigenvalue weighted by molar-refractivity contribution is -0.113. The van der Waals surface area contributed by atoms with Crippen molar-refractivity contribution in [2.24, 2.45) is 0 Å². The van der Waals surface area contributed by atoms with Crippen LogP contribution in [-0.2, 0) is 9.53 Å². The van der Waals surface area contributed by atoms with E-state index in [4.69, 9.17) is 14.2 Å². The number of pyridine rings is 2. The highest BCUT2D eigenvalue weighted by molar-refractivity contribution is 8.00. The topological polar surface area (TPSA) is 115 Å². The van der Waals surface area contributed by atoms with Crippen LogP contribution in [0.2, 0.25) is 0 Å². The lowest BCUT2D eigenvalue weighted by Crippen LogP contribution is -2.32. The Kier molecular flexibility index (Phi) is 6.02. The van der Waals surface area contributed by atoms with Crippen LogP contribution in [0.25, 0.3) is 11.0 Å². The molecular formula is C25H25N5O5S. The predicted octanol–water partition coefficient (Wildman–Crippen LogP) is 3.16. The molecule has 3 aliphatic rings. The van der Waals surface area contributed by atoms with Crippen molar-refractivity contribution in [2.75, 3.05) is 49.3 Å². The van der Waals surface area contributed by atoms with E-state index in [1.807, 2.05) is 24.3 Å². The monoisotopic (exact) mass is 507 g/mol. The summed E-state index contributed by atoms with van der Waals surface area (Å²) in [4.78, 5) is 35.9. The lowest BCUT2D eigenvalue weighted by atomic mass is 9.97. The highest BCUT2D eigenvalue weighted by atomic mass is 32.2. The summed E-state index contributed by atoms with van der Waals surface area (Å²) in [5.41, 5.74) is 4.15. The molecule has 11 heteroatoms. The highest BCUT2D eigenvalue weighted by Crippen LogP contribution is 2.40. The molecule has 0 aliphatic carbocycles. The Morgan fingerprint density at radius 1 is 1.28 bits per heavy atom. The van der Waals surface area contributed by atoms with Crippen LogP contribution in [0.5, 0.6) is 11.6 Å². The first kappa shape index (κ1) is 22.9. The number of fused-ring (bicyclic) bond motifs is 4. The molecule has 2 atom stereocenters. The number of hydrogen-bond donors (Lipinski definition) is 2. The van der Waals surface area contributed by atoms with Crippen molar-refractivity contribution < 1.29 is 23.8 Å². The van der Waals surface area contributed by atoms with Crippen molar-refractivity contribution >= 4 is 46.2 Å². The van der Waals surface area contributed by atoms with Crippen LogP contribution in [0.15, 0.2) is 41.4 Å². The molecule has 186 valence electrons. The first-order valence-electron chi connectivity index (χ1n) is 11.8. The minimum Gasteiger partial charge on any atom is -0.491 e. The number of thioether (sulfide) groups is 1. The molecule has 0 bridgehead atoms. The van der Waals surface area contributed by atoms with Crippen LogP contribution in [0, 0.1) is 0 Å². The second-order valence-corrected chi connectivity index (χ2v) is 9.91. The van der Waals surface area contributed by atoms with Gasteiger partial charge in [0.05, 0.1) is 43.4 Å². The van der Waals surface area contributed by atoms with Crippen LogP contribution in [0.4, 0.5) is 16.2 Å². The normalized spacial score (nSPS) is 20.5. The number of methoxy groups -OCH3 is 1. The molecular weight excluding hydrogens is 482 g/mol. The number of nitrogens with zero attached hydrogens (tertiary/aromatic N) is 3. The zero-order valence-electron chi connectivity index (χ0n) is 19.7. The van der Waals surface area contributed by atoms with Crippen LogP contribution in [0.1, 0.15) is 17.9 Å². The van der Waals surface area contributed by atoms with Gasteiger partial charge in [0.25, 0.3) is 0 Å². The fraction of sp³-hybridized carbons (Fsp3) is 0.360. The Labute approximate surface area is 211 Å². The summed E-state index contributed by atoms with van der Waals surface area (Å²) in [5, 5.41) is 6.29. The van der Waals surface area contributed by atoms with Crippen molar-refractivity contribution in [1.29, 1.82) is 0 Å². The lowest BCUT2D eigenvalue weighted by Gasteiger charge is -2.20. The van der Waals surface area contributed by atoms with Crippen LogP contribution in [-0.4, -0.2) is 67.2 Å². The van der Waals surface area contributed by atoms with Gasteiger partial charge in [0.2, 0.25) is 11.8 Å². The number of carbonyl (C=O) groups excluding carboxylic acids is 2. The molecule has 1 fully saturated rings. The molecule has 36 heavy (non-hydrogen) atoms. The number of aromatic nitrogens is 2. The average molecular weight is 508 g/mol. The molecule has 0 radical (unpaired) electrons. The van der Waals surface area contributed by atoms with Gasteiger partial charge >= 0.3 is 6.09 Å². The molecule has 0 saturated carbocycles. The van der Waals surface area contributed by atoms with Gasteiger partial charge in [-0.05, 0) is 37.2 Å². The van der Waals surface area contributed by atoms with Gasteiger partial charge in [-0.15, -0.1) is 11.8 Å². The number of carbonyl (C=O) groups is 2. The second-order valence-electron chi connectivity index (χ2n) is 8.89. The fourth-order valence-corrected chi connectivity index (χ4v) is 5.58. The van der Waals surface area contributed by atoms with Gasteiger partial charge in [-0.1, -0.05) is 0 Å². The number of ether oxygens (including phenoxy) is 3. The second kappa shape index (κ2) is 9.47. The molecule has 0 spiro atoms. The smallest absolute Gasteiger partial charge is 0.414 e. The number of cyclic esters (lactones) is 1. The molecule has 2 aromatic heterocycles. The minimum absolute atomic E-state index is 0.0369. The minimum atomic E-state index is -0.381. The number of benzene rings is 1. The first-order valence-corrected chi connectivity index (χ1v) is 12.8. The Balaban J connectivity index is 1.05. The van der Waals surface area contributed by atoms with Crippen molar-refractivity contribution in [3.05, 3.63) is 42.1 Å². The summed E-state index contributed by atoms with van der Waals surface area (Å²) >= 11 is 1.49. The number of hydrogen-bond acceptors (Lipinski definition) is 9. The van der Waals surface area contributed by atoms with Gasteiger partial charge in [0.15, 0.2) is 0 Å². The number of anilines is 2. The molecule has 3 aliphatic heterocycles. The Morgan fingerprint density at radius 2 is 2.19 bits per heavy atom. The Hall–Kier alpha value is -3.57. The average Bonchev–Trinajstić information content (AvgIpc) is 3.49. The third-order valence-corrected chi connectivity index (χ3v) is 7.64. The van der Waals surface area contributed by atoms with E-state index in [2.05, 4.69) is 20.6 Å². The van der Waals surface area contributed by atoms with E-state index in [1.165, 1.54) is 11.8 Å². The van der Waals surface area contributed by atoms with Gasteiger partial charge in [-0.2, -0.15) is 0 Å². The van der Waals surface area contributed by atoms with E-state index in [0.717, 1.165) is 45.9 Å². The third-order valence-electron chi connectivity index (χ3n) is 6.57. The molecule has 3 aromatic rings. The molecule has 6 rings (SSSR count). The summed E-state index contributed by atoms with van der Waals surface area (Å²) in [6, 6.07) is 9.36. The van der Waals surface area contributed by atoms with Gasteiger partial charge in [-0.25, -0.2) is 9.78 Å². The van der Waals surface area contributed by atoms with Crippen LogP contribution in [0.3, 0.4) is 0 Å². The van der Waals surface area contributed by atoms with Crippen molar-refractivity contribution in [3.63, 3.8) is 0 Å². The standard InChI is InChI=1S/C25H25N5O5S/c1-33-22-5-3-17-24(29-22)23-14(12-34-19(23)10-27-17)6-7-26-9-16-11-30(25(32)35-16)15-2-4-20-18(8-15)28-21(31)13-36-20/h2-5,8,10,14,16,26H,6-7,9,11-13H2,1H3,(H,28,31)/t14-,16+/m1/s1. The maximum absolute atomic E-state index is 12.5. The number of nitrogens with one attached hydrogen (secondary N) is 2. The van der Waals surface area contributed by atoms with Crippen LogP contribution < -0.4 is 25.0 Å². The van der Waals surface area contributed by atoms with Gasteiger partial charge in [0.1, 0.15) is 17.4 Å². The highest BCUT2D eigenvalue weighted by Gasteiger charge is 2.33. The van der Waals surface area contributed by atoms with Crippen molar-refractivity contribution in [3.8, 4) is 11.6 Å². The molecule has 5 heterocycles. The van der Waals surface area contributed by atoms with Crippen molar-refractivity contribution in [1.82, 2.24) is 15.3 Å². The number of rotatable bonds is 7. The van der Waals surface area contributed by atoms with Gasteiger partial charge in [0, 0.05) is 34.7 Å². The molecule has 1 aromatic carbocycles. The molecule has 2 N–H and O–H groups in total. The van der Waals surface area contributed by atoms with E-state index >= 15 is 0 Å². The van der Waals surface area contributed by atoms with Crippen LogP contribution >= 0.6 is 11.8 Å². The van der Waals surface area contributed by atoms with E-state index in [9.17, 15) is 9.59 Å².